The molecule has 2 heterocycles. The fraction of sp³-hybridized carbons (Fsp3) is 0.0952. The zero-order valence-electron chi connectivity index (χ0n) is 14.5. The minimum absolute atomic E-state index is 0.234. The molecular weight excluding hydrogens is 326 g/mol. The van der Waals surface area contributed by atoms with Crippen LogP contribution < -0.4 is 5.32 Å². The second-order valence-corrected chi connectivity index (χ2v) is 6.23. The van der Waals surface area contributed by atoms with Gasteiger partial charge in [-0.05, 0) is 37.6 Å². The van der Waals surface area contributed by atoms with Crippen LogP contribution in [0.2, 0.25) is 0 Å². The van der Waals surface area contributed by atoms with Crippen molar-refractivity contribution in [2.75, 3.05) is 5.32 Å². The summed E-state index contributed by atoms with van der Waals surface area (Å²) >= 11 is 0. The van der Waals surface area contributed by atoms with Crippen LogP contribution in [0.15, 0.2) is 65.3 Å². The number of aryl methyl sites for hydroxylation is 2. The van der Waals surface area contributed by atoms with Crippen LogP contribution in [-0.4, -0.2) is 16.0 Å². The molecule has 2 aromatic carbocycles. The van der Waals surface area contributed by atoms with Gasteiger partial charge in [0.15, 0.2) is 11.5 Å². The van der Waals surface area contributed by atoms with E-state index in [0.717, 1.165) is 27.6 Å². The smallest absolute Gasteiger partial charge is 0.277 e. The SMILES string of the molecule is Cc1ccc(-c2cc(C(=O)Nc3ccc(C)c4ncccc34)no2)cc1. The van der Waals surface area contributed by atoms with Gasteiger partial charge in [0.1, 0.15) is 0 Å². The quantitative estimate of drug-likeness (QED) is 0.582. The van der Waals surface area contributed by atoms with E-state index in [9.17, 15) is 4.79 Å². The third-order valence-corrected chi connectivity index (χ3v) is 4.30. The fourth-order valence-corrected chi connectivity index (χ4v) is 2.85. The number of fused-ring (bicyclic) bond motifs is 1. The highest BCUT2D eigenvalue weighted by Crippen LogP contribution is 2.26. The molecule has 0 aliphatic rings. The van der Waals surface area contributed by atoms with E-state index in [0.29, 0.717) is 11.4 Å². The Morgan fingerprint density at radius 3 is 2.65 bits per heavy atom. The van der Waals surface area contributed by atoms with Gasteiger partial charge in [0.2, 0.25) is 0 Å². The number of nitrogens with one attached hydrogen (secondary N) is 1. The lowest BCUT2D eigenvalue weighted by Crippen LogP contribution is -2.12. The van der Waals surface area contributed by atoms with Crippen LogP contribution in [-0.2, 0) is 0 Å². The Morgan fingerprint density at radius 1 is 1.04 bits per heavy atom. The summed E-state index contributed by atoms with van der Waals surface area (Å²) in [6.07, 6.45) is 1.74. The van der Waals surface area contributed by atoms with Crippen molar-refractivity contribution in [1.82, 2.24) is 10.1 Å². The van der Waals surface area contributed by atoms with Crippen molar-refractivity contribution < 1.29 is 9.32 Å². The third-order valence-electron chi connectivity index (χ3n) is 4.30. The summed E-state index contributed by atoms with van der Waals surface area (Å²) in [5, 5.41) is 7.70. The number of carbonyl (C=O) groups is 1. The largest absolute Gasteiger partial charge is 0.355 e. The third kappa shape index (κ3) is 2.95. The first-order chi connectivity index (χ1) is 12.6. The molecule has 0 spiro atoms. The molecular formula is C21H17N3O2. The molecule has 0 fully saturated rings. The second kappa shape index (κ2) is 6.44. The van der Waals surface area contributed by atoms with Gasteiger partial charge >= 0.3 is 0 Å². The molecule has 0 bridgehead atoms. The van der Waals surface area contributed by atoms with E-state index in [1.807, 2.05) is 62.4 Å². The van der Waals surface area contributed by atoms with E-state index in [-0.39, 0.29) is 11.6 Å². The molecule has 1 amide bonds. The zero-order chi connectivity index (χ0) is 18.1. The molecule has 0 aliphatic carbocycles. The van der Waals surface area contributed by atoms with Crippen LogP contribution in [0, 0.1) is 13.8 Å². The first kappa shape index (κ1) is 16.0. The zero-order valence-corrected chi connectivity index (χ0v) is 14.5. The van der Waals surface area contributed by atoms with Gasteiger partial charge < -0.3 is 9.84 Å². The molecule has 4 rings (SSSR count). The summed E-state index contributed by atoms with van der Waals surface area (Å²) in [6.45, 7) is 4.01. The Hall–Kier alpha value is -3.47. The summed E-state index contributed by atoms with van der Waals surface area (Å²) in [5.74, 6) is 0.242. The summed E-state index contributed by atoms with van der Waals surface area (Å²) in [4.78, 5) is 17.0. The Bertz CT molecular complexity index is 1100. The van der Waals surface area contributed by atoms with Crippen LogP contribution in [0.5, 0.6) is 0 Å². The van der Waals surface area contributed by atoms with Crippen molar-refractivity contribution in [3.05, 3.63) is 77.6 Å². The molecule has 128 valence electrons. The van der Waals surface area contributed by atoms with E-state index in [4.69, 9.17) is 4.52 Å². The molecule has 0 radical (unpaired) electrons. The first-order valence-electron chi connectivity index (χ1n) is 8.31. The number of nitrogens with zero attached hydrogens (tertiary/aromatic N) is 2. The number of rotatable bonds is 3. The predicted molar refractivity (Wildman–Crippen MR) is 101 cm³/mol. The standard InChI is InChI=1S/C21H17N3O2/c1-13-5-8-15(9-6-13)19-12-18(24-26-19)21(25)23-17-10-7-14(2)20-16(17)4-3-11-22-20/h3-12H,1-2H3,(H,23,25). The lowest BCUT2D eigenvalue weighted by molar-refractivity contribution is 0.101. The molecule has 0 aliphatic heterocycles. The molecule has 0 saturated heterocycles. The van der Waals surface area contributed by atoms with Crippen LogP contribution in [0.1, 0.15) is 21.6 Å². The van der Waals surface area contributed by atoms with Gasteiger partial charge in [-0.1, -0.05) is 41.1 Å². The van der Waals surface area contributed by atoms with Gasteiger partial charge in [-0.25, -0.2) is 0 Å². The van der Waals surface area contributed by atoms with E-state index >= 15 is 0 Å². The summed E-state index contributed by atoms with van der Waals surface area (Å²) in [5.41, 5.74) is 4.90. The van der Waals surface area contributed by atoms with Crippen LogP contribution in [0.3, 0.4) is 0 Å². The minimum Gasteiger partial charge on any atom is -0.355 e. The van der Waals surface area contributed by atoms with Gasteiger partial charge in [-0.15, -0.1) is 0 Å². The van der Waals surface area contributed by atoms with Gasteiger partial charge in [0.25, 0.3) is 5.91 Å². The molecule has 26 heavy (non-hydrogen) atoms. The minimum atomic E-state index is -0.318. The van der Waals surface area contributed by atoms with Crippen molar-refractivity contribution in [1.29, 1.82) is 0 Å². The van der Waals surface area contributed by atoms with E-state index in [1.165, 1.54) is 0 Å². The first-order valence-corrected chi connectivity index (χ1v) is 8.31. The molecule has 0 saturated carbocycles. The van der Waals surface area contributed by atoms with Crippen molar-refractivity contribution >= 4 is 22.5 Å². The Balaban J connectivity index is 1.62. The lowest BCUT2D eigenvalue weighted by atomic mass is 10.1. The number of carbonyl (C=O) groups excluding carboxylic acids is 1. The molecule has 4 aromatic rings. The van der Waals surface area contributed by atoms with Crippen LogP contribution in [0.25, 0.3) is 22.2 Å². The normalized spacial score (nSPS) is 10.8. The molecule has 2 aromatic heterocycles. The molecule has 0 unspecified atom stereocenters. The van der Waals surface area contributed by atoms with E-state index < -0.39 is 0 Å². The number of amides is 1. The number of hydrogen-bond acceptors (Lipinski definition) is 4. The lowest BCUT2D eigenvalue weighted by Gasteiger charge is -2.08. The molecule has 5 nitrogen and oxygen atoms in total. The van der Waals surface area contributed by atoms with Crippen LogP contribution in [0.4, 0.5) is 5.69 Å². The Labute approximate surface area is 150 Å². The maximum Gasteiger partial charge on any atom is 0.277 e. The maximum atomic E-state index is 12.6. The monoisotopic (exact) mass is 343 g/mol. The number of benzene rings is 2. The number of anilines is 1. The van der Waals surface area contributed by atoms with Crippen molar-refractivity contribution in [3.63, 3.8) is 0 Å². The summed E-state index contributed by atoms with van der Waals surface area (Å²) in [6, 6.07) is 17.1. The summed E-state index contributed by atoms with van der Waals surface area (Å²) < 4.78 is 5.33. The van der Waals surface area contributed by atoms with E-state index in [1.54, 1.807) is 12.3 Å². The second-order valence-electron chi connectivity index (χ2n) is 6.23. The van der Waals surface area contributed by atoms with E-state index in [2.05, 4.69) is 15.5 Å². The van der Waals surface area contributed by atoms with Gasteiger partial charge in [0.05, 0.1) is 11.2 Å². The van der Waals surface area contributed by atoms with Crippen molar-refractivity contribution in [2.24, 2.45) is 0 Å². The molecule has 1 N–H and O–H groups in total. The number of pyridine rings is 1. The highest BCUT2D eigenvalue weighted by molar-refractivity contribution is 6.08. The van der Waals surface area contributed by atoms with Gasteiger partial charge in [-0.3, -0.25) is 9.78 Å². The average Bonchev–Trinajstić information content (AvgIpc) is 3.15. The van der Waals surface area contributed by atoms with Crippen LogP contribution >= 0.6 is 0 Å². The Morgan fingerprint density at radius 2 is 1.85 bits per heavy atom. The molecule has 0 atom stereocenters. The highest BCUT2D eigenvalue weighted by atomic mass is 16.5. The van der Waals surface area contributed by atoms with Gasteiger partial charge in [0, 0.05) is 23.2 Å². The molecule has 5 heteroatoms. The van der Waals surface area contributed by atoms with Crippen molar-refractivity contribution in [2.45, 2.75) is 13.8 Å². The Kier molecular flexibility index (Phi) is 3.97. The maximum absolute atomic E-state index is 12.6. The van der Waals surface area contributed by atoms with Crippen molar-refractivity contribution in [3.8, 4) is 11.3 Å². The summed E-state index contributed by atoms with van der Waals surface area (Å²) in [7, 11) is 0. The topological polar surface area (TPSA) is 68.0 Å². The average molecular weight is 343 g/mol. The van der Waals surface area contributed by atoms with Gasteiger partial charge in [-0.2, -0.15) is 0 Å². The number of aromatic nitrogens is 2. The highest BCUT2D eigenvalue weighted by Gasteiger charge is 2.15. The predicted octanol–water partition coefficient (Wildman–Crippen LogP) is 4.76. The number of hydrogen-bond donors (Lipinski definition) is 1. The fourth-order valence-electron chi connectivity index (χ4n) is 2.85.